The number of ether oxygens (including phenoxy) is 1. The van der Waals surface area contributed by atoms with Crippen LogP contribution in [0, 0.1) is 5.92 Å². The zero-order valence-corrected chi connectivity index (χ0v) is 37.3. The van der Waals surface area contributed by atoms with Crippen molar-refractivity contribution in [2.75, 3.05) is 49.1 Å². The number of nitrogens with zero attached hydrogens (tertiary/aromatic N) is 7. The molecule has 360 valence electrons. The number of benzene rings is 2. The fourth-order valence-electron chi connectivity index (χ4n) is 9.79. The highest BCUT2D eigenvalue weighted by Gasteiger charge is 2.46. The van der Waals surface area contributed by atoms with Crippen LogP contribution in [-0.2, 0) is 35.2 Å². The summed E-state index contributed by atoms with van der Waals surface area (Å²) in [5.74, 6) is -4.41. The number of halogens is 3. The Morgan fingerprint density at radius 2 is 1.56 bits per heavy atom. The third-order valence-corrected chi connectivity index (χ3v) is 14.0. The number of piperidine rings is 2. The van der Waals surface area contributed by atoms with E-state index in [9.17, 15) is 46.7 Å². The van der Waals surface area contributed by atoms with Crippen LogP contribution in [0.4, 0.5) is 24.5 Å². The maximum Gasteiger partial charge on any atom is 0.490 e. The minimum Gasteiger partial charge on any atom is -0.489 e. The summed E-state index contributed by atoms with van der Waals surface area (Å²) in [6.45, 7) is 4.09. The van der Waals surface area contributed by atoms with E-state index in [0.717, 1.165) is 90.8 Å². The monoisotopic (exact) mass is 944 g/mol. The van der Waals surface area contributed by atoms with Crippen molar-refractivity contribution in [3.63, 3.8) is 0 Å². The van der Waals surface area contributed by atoms with Gasteiger partial charge in [0.25, 0.3) is 11.8 Å². The lowest BCUT2D eigenvalue weighted by Crippen LogP contribution is -2.55. The smallest absolute Gasteiger partial charge is 0.489 e. The van der Waals surface area contributed by atoms with Gasteiger partial charge in [-0.2, -0.15) is 18.3 Å². The molecule has 10 rings (SSSR count). The number of aliphatic carboxylic acids is 1. The predicted octanol–water partition coefficient (Wildman–Crippen LogP) is 4.11. The minimum absolute atomic E-state index is 0.0317. The summed E-state index contributed by atoms with van der Waals surface area (Å²) in [7, 11) is 0. The van der Waals surface area contributed by atoms with Crippen LogP contribution in [-0.4, -0.2) is 141 Å². The van der Waals surface area contributed by atoms with Gasteiger partial charge in [-0.15, -0.1) is 0 Å². The average Bonchev–Trinajstić information content (AvgIpc) is 3.98. The highest BCUT2D eigenvalue weighted by Crippen LogP contribution is 2.46. The topological polar surface area (TPSA) is 212 Å². The van der Waals surface area contributed by atoms with Gasteiger partial charge < -0.3 is 19.6 Å². The molecule has 1 aromatic heterocycles. The molecule has 5 fully saturated rings. The SMILES string of the molecule is C[C@H]1CCc2c(ccc(-c3cnn(C4CCN(CC(=O)N5CCN(c6ccc7c(c6)C(=O)N(C6CCC(=O)NC6=O)C7=O)CC5=O)CC4)c3)c2OC2CCC2)N1C(=O)C1CC1.O=C(O)C(F)(F)F. The van der Waals surface area contributed by atoms with Crippen LogP contribution in [0.3, 0.4) is 0 Å². The summed E-state index contributed by atoms with van der Waals surface area (Å²) in [6, 6.07) is 8.19. The maximum absolute atomic E-state index is 13.5. The zero-order valence-electron chi connectivity index (χ0n) is 37.3. The number of rotatable bonds is 9. The van der Waals surface area contributed by atoms with Crippen LogP contribution >= 0.6 is 0 Å². The van der Waals surface area contributed by atoms with Crippen LogP contribution in [0.5, 0.6) is 5.75 Å². The molecule has 68 heavy (non-hydrogen) atoms. The Kier molecular flexibility index (Phi) is 12.6. The summed E-state index contributed by atoms with van der Waals surface area (Å²) in [6.07, 6.45) is 7.73. The number of carboxylic acid groups (broad SMARTS) is 1. The highest BCUT2D eigenvalue weighted by molar-refractivity contribution is 6.23. The molecule has 2 aromatic carbocycles. The summed E-state index contributed by atoms with van der Waals surface area (Å²) in [5, 5.41) is 14.1. The van der Waals surface area contributed by atoms with Crippen molar-refractivity contribution in [3.05, 3.63) is 59.4 Å². The lowest BCUT2D eigenvalue weighted by Gasteiger charge is -2.38. The Balaban J connectivity index is 0.000000767. The van der Waals surface area contributed by atoms with Crippen molar-refractivity contribution in [1.29, 1.82) is 0 Å². The molecule has 7 amide bonds. The molecule has 7 aliphatic rings. The first-order valence-electron chi connectivity index (χ1n) is 23.1. The van der Waals surface area contributed by atoms with E-state index in [-0.39, 0.29) is 85.4 Å². The van der Waals surface area contributed by atoms with Crippen molar-refractivity contribution in [3.8, 4) is 16.9 Å². The molecule has 18 nitrogen and oxygen atoms in total. The second-order valence-electron chi connectivity index (χ2n) is 18.5. The number of fused-ring (bicyclic) bond motifs is 2. The van der Waals surface area contributed by atoms with Gasteiger partial charge >= 0.3 is 12.1 Å². The van der Waals surface area contributed by atoms with Crippen molar-refractivity contribution < 1.29 is 61.4 Å². The molecular formula is C47H51F3N8O10. The molecule has 1 unspecified atom stereocenters. The zero-order chi connectivity index (χ0) is 48.2. The minimum atomic E-state index is -5.08. The number of carboxylic acids is 1. The number of hydrogen-bond acceptors (Lipinski definition) is 12. The first kappa shape index (κ1) is 46.5. The number of carbonyl (C=O) groups excluding carboxylic acids is 7. The second kappa shape index (κ2) is 18.5. The van der Waals surface area contributed by atoms with E-state index < -0.39 is 41.8 Å². The Bertz CT molecular complexity index is 2580. The number of alkyl halides is 3. The fraction of sp³-hybridized carbons (Fsp3) is 0.511. The van der Waals surface area contributed by atoms with Gasteiger partial charge in [0.05, 0.1) is 48.2 Å². The van der Waals surface area contributed by atoms with Gasteiger partial charge in [-0.05, 0) is 101 Å². The van der Waals surface area contributed by atoms with Crippen LogP contribution in [0.25, 0.3) is 11.1 Å². The molecule has 6 heterocycles. The second-order valence-corrected chi connectivity index (χ2v) is 18.5. The largest absolute Gasteiger partial charge is 0.490 e. The van der Waals surface area contributed by atoms with E-state index in [1.807, 2.05) is 15.8 Å². The molecule has 2 aliphatic carbocycles. The number of likely N-dealkylation sites (tertiary alicyclic amines) is 1. The number of nitrogens with one attached hydrogen (secondary N) is 1. The van der Waals surface area contributed by atoms with Gasteiger partial charge in [0.1, 0.15) is 11.8 Å². The highest BCUT2D eigenvalue weighted by atomic mass is 19.4. The van der Waals surface area contributed by atoms with E-state index in [4.69, 9.17) is 19.7 Å². The number of anilines is 2. The number of hydrogen-bond donors (Lipinski definition) is 2. The molecule has 21 heteroatoms. The first-order valence-corrected chi connectivity index (χ1v) is 23.1. The van der Waals surface area contributed by atoms with Crippen molar-refractivity contribution in [1.82, 2.24) is 29.8 Å². The number of amides is 7. The first-order chi connectivity index (χ1) is 32.5. The number of carbonyl (C=O) groups is 8. The van der Waals surface area contributed by atoms with Crippen LogP contribution in [0.1, 0.15) is 103 Å². The van der Waals surface area contributed by atoms with Gasteiger partial charge in [-0.1, -0.05) is 0 Å². The summed E-state index contributed by atoms with van der Waals surface area (Å²) < 4.78 is 40.5. The molecule has 2 atom stereocenters. The molecule has 3 saturated heterocycles. The Hall–Kier alpha value is -6.64. The van der Waals surface area contributed by atoms with Gasteiger partial charge in [-0.3, -0.25) is 58.3 Å². The summed E-state index contributed by atoms with van der Waals surface area (Å²) in [5.41, 5.74) is 4.97. The third kappa shape index (κ3) is 9.19. The Morgan fingerprint density at radius 3 is 2.21 bits per heavy atom. The molecule has 0 radical (unpaired) electrons. The van der Waals surface area contributed by atoms with Crippen LogP contribution in [0.2, 0.25) is 0 Å². The Labute approximate surface area is 388 Å². The van der Waals surface area contributed by atoms with Crippen LogP contribution < -0.4 is 19.9 Å². The van der Waals surface area contributed by atoms with Gasteiger partial charge in [-0.25, -0.2) is 4.79 Å². The third-order valence-electron chi connectivity index (χ3n) is 14.0. The molecule has 0 bridgehead atoms. The number of piperazine rings is 1. The van der Waals surface area contributed by atoms with E-state index in [1.54, 1.807) is 17.0 Å². The summed E-state index contributed by atoms with van der Waals surface area (Å²) in [4.78, 5) is 108. The van der Waals surface area contributed by atoms with Crippen molar-refractivity contribution in [2.45, 2.75) is 108 Å². The molecule has 2 saturated carbocycles. The maximum atomic E-state index is 13.5. The van der Waals surface area contributed by atoms with Gasteiger partial charge in [0, 0.05) is 73.1 Å². The van der Waals surface area contributed by atoms with Crippen LogP contribution in [0.15, 0.2) is 42.7 Å². The van der Waals surface area contributed by atoms with Gasteiger partial charge in [0.2, 0.25) is 29.5 Å². The lowest BCUT2D eigenvalue weighted by molar-refractivity contribution is -0.192. The van der Waals surface area contributed by atoms with Crippen molar-refractivity contribution in [2.24, 2.45) is 5.92 Å². The van der Waals surface area contributed by atoms with Gasteiger partial charge in [0.15, 0.2) is 0 Å². The Morgan fingerprint density at radius 1 is 0.853 bits per heavy atom. The van der Waals surface area contributed by atoms with E-state index in [1.165, 1.54) is 11.0 Å². The van der Waals surface area contributed by atoms with Crippen molar-refractivity contribution >= 4 is 58.7 Å². The normalized spacial score (nSPS) is 22.6. The summed E-state index contributed by atoms with van der Waals surface area (Å²) >= 11 is 0. The standard InChI is InChI=1S/C45H50N8O8.C2HF3O2/c1-26-5-9-34-36(52(26)43(58)27-6-7-27)12-11-32(41(34)61-31-3-2-4-31)28-22-46-51(23-28)29-15-17-48(18-16-29)24-39(55)50-20-19-49(25-40(50)56)30-8-10-33-35(21-30)45(60)53(44(33)59)37-13-14-38(54)47-42(37)57;3-2(4,5)1(6)7/h8,10-12,21-23,26-27,29,31,37H,2-7,9,13-20,24-25H2,1H3,(H,47,54,57);(H,6,7)/t26-,37?;/m0./s1. The number of aromatic nitrogens is 2. The molecular weight excluding hydrogens is 894 g/mol. The average molecular weight is 945 g/mol. The molecule has 3 aromatic rings. The molecule has 2 N–H and O–H groups in total. The predicted molar refractivity (Wildman–Crippen MR) is 234 cm³/mol. The number of imide groups is 3. The fourth-order valence-corrected chi connectivity index (χ4v) is 9.79. The van der Waals surface area contributed by atoms with E-state index in [0.29, 0.717) is 25.3 Å². The van der Waals surface area contributed by atoms with E-state index >= 15 is 0 Å². The van der Waals surface area contributed by atoms with E-state index in [2.05, 4.69) is 35.5 Å². The molecule has 0 spiro atoms. The molecule has 5 aliphatic heterocycles. The lowest BCUT2D eigenvalue weighted by atomic mass is 9.91. The quantitative estimate of drug-likeness (QED) is 0.290.